The summed E-state index contributed by atoms with van der Waals surface area (Å²) in [6.07, 6.45) is 0.859. The number of fused-ring (bicyclic) bond motifs is 1. The quantitative estimate of drug-likeness (QED) is 0.586. The zero-order valence-corrected chi connectivity index (χ0v) is 18.0. The fraction of sp³-hybridized carbons (Fsp3) is 0.360. The first-order valence-electron chi connectivity index (χ1n) is 11.2. The van der Waals surface area contributed by atoms with Gasteiger partial charge in [0.1, 0.15) is 11.9 Å². The van der Waals surface area contributed by atoms with Gasteiger partial charge < -0.3 is 18.8 Å². The van der Waals surface area contributed by atoms with Crippen LogP contribution in [0, 0.1) is 17.1 Å². The summed E-state index contributed by atoms with van der Waals surface area (Å²) in [6, 6.07) is 14.9. The lowest BCUT2D eigenvalue weighted by Crippen LogP contribution is -2.46. The first kappa shape index (κ1) is 20.1. The van der Waals surface area contributed by atoms with Gasteiger partial charge in [-0.15, -0.1) is 0 Å². The maximum Gasteiger partial charge on any atom is 0.234 e. The molecule has 2 fully saturated rings. The second-order valence-electron chi connectivity index (χ2n) is 8.77. The smallest absolute Gasteiger partial charge is 0.234 e. The van der Waals surface area contributed by atoms with Crippen LogP contribution >= 0.6 is 0 Å². The number of aromatic nitrogens is 1. The van der Waals surface area contributed by atoms with Gasteiger partial charge in [0.05, 0.1) is 0 Å². The van der Waals surface area contributed by atoms with Gasteiger partial charge in [-0.1, -0.05) is 18.2 Å². The molecule has 1 aromatic heterocycles. The third kappa shape index (κ3) is 3.89. The van der Waals surface area contributed by atoms with Crippen molar-refractivity contribution in [3.63, 3.8) is 0 Å². The molecule has 6 rings (SSSR count). The fourth-order valence-electron chi connectivity index (χ4n) is 4.75. The van der Waals surface area contributed by atoms with E-state index in [0.29, 0.717) is 17.5 Å². The third-order valence-corrected chi connectivity index (χ3v) is 6.62. The van der Waals surface area contributed by atoms with Crippen LogP contribution < -0.4 is 14.4 Å². The van der Waals surface area contributed by atoms with Crippen LogP contribution in [-0.4, -0.2) is 42.9 Å². The molecule has 1 aliphatic carbocycles. The highest BCUT2D eigenvalue weighted by Crippen LogP contribution is 2.55. The molecule has 2 unspecified atom stereocenters. The lowest BCUT2D eigenvalue weighted by molar-refractivity contribution is 0.174. The summed E-state index contributed by atoms with van der Waals surface area (Å²) in [6.45, 7) is 4.32. The molecule has 0 amide bonds. The molecule has 3 aliphatic rings. The summed E-state index contributed by atoms with van der Waals surface area (Å²) in [5.41, 5.74) is 2.47. The molecule has 2 atom stereocenters. The maximum absolute atomic E-state index is 13.6. The van der Waals surface area contributed by atoms with Crippen molar-refractivity contribution >= 4 is 5.88 Å². The number of piperazine rings is 1. The number of hydrogen-bond acceptors (Lipinski definition) is 7. The van der Waals surface area contributed by atoms with E-state index in [1.165, 1.54) is 11.6 Å². The van der Waals surface area contributed by atoms with E-state index in [1.807, 2.05) is 18.2 Å². The SMILES string of the molecule is N#Cc1nc(C2CC2c2cccc(F)c2)oc1N1CCN(Cc2ccc3c(c2)OCO3)CC1. The van der Waals surface area contributed by atoms with Crippen molar-refractivity contribution in [1.82, 2.24) is 9.88 Å². The minimum absolute atomic E-state index is 0.0972. The highest BCUT2D eigenvalue weighted by Gasteiger charge is 2.44. The van der Waals surface area contributed by atoms with Gasteiger partial charge >= 0.3 is 0 Å². The Morgan fingerprint density at radius 2 is 1.88 bits per heavy atom. The molecule has 0 bridgehead atoms. The van der Waals surface area contributed by atoms with Gasteiger partial charge in [0, 0.05) is 38.6 Å². The molecule has 8 heteroatoms. The molecule has 0 spiro atoms. The van der Waals surface area contributed by atoms with Crippen LogP contribution in [0.25, 0.3) is 0 Å². The minimum Gasteiger partial charge on any atom is -0.454 e. The first-order valence-corrected chi connectivity index (χ1v) is 11.2. The number of benzene rings is 2. The molecule has 33 heavy (non-hydrogen) atoms. The summed E-state index contributed by atoms with van der Waals surface area (Å²) < 4.78 is 30.5. The van der Waals surface area contributed by atoms with E-state index in [0.717, 1.165) is 56.2 Å². The minimum atomic E-state index is -0.234. The summed E-state index contributed by atoms with van der Waals surface area (Å²) in [4.78, 5) is 8.96. The first-order chi connectivity index (χ1) is 16.2. The lowest BCUT2D eigenvalue weighted by Gasteiger charge is -2.34. The predicted octanol–water partition coefficient (Wildman–Crippen LogP) is 4.01. The Bertz CT molecular complexity index is 1230. The van der Waals surface area contributed by atoms with Crippen LogP contribution in [0.3, 0.4) is 0 Å². The number of ether oxygens (including phenoxy) is 2. The van der Waals surface area contributed by atoms with Crippen LogP contribution in [0.1, 0.15) is 41.0 Å². The van der Waals surface area contributed by atoms with Crippen LogP contribution in [-0.2, 0) is 6.54 Å². The van der Waals surface area contributed by atoms with Crippen LogP contribution in [0.5, 0.6) is 11.5 Å². The molecular formula is C25H23FN4O3. The van der Waals surface area contributed by atoms with Crippen molar-refractivity contribution in [3.05, 3.63) is 71.0 Å². The zero-order chi connectivity index (χ0) is 22.4. The molecule has 3 heterocycles. The highest BCUT2D eigenvalue weighted by atomic mass is 19.1. The molecule has 0 N–H and O–H groups in total. The lowest BCUT2D eigenvalue weighted by atomic mass is 10.1. The van der Waals surface area contributed by atoms with Gasteiger partial charge in [-0.25, -0.2) is 9.37 Å². The summed E-state index contributed by atoms with van der Waals surface area (Å²) >= 11 is 0. The van der Waals surface area contributed by atoms with Gasteiger partial charge in [0.25, 0.3) is 0 Å². The Hall–Kier alpha value is -3.57. The monoisotopic (exact) mass is 446 g/mol. The van der Waals surface area contributed by atoms with E-state index in [4.69, 9.17) is 13.9 Å². The average Bonchev–Trinajstić information content (AvgIpc) is 3.29. The van der Waals surface area contributed by atoms with Crippen molar-refractivity contribution in [1.29, 1.82) is 5.26 Å². The molecule has 0 radical (unpaired) electrons. The molecule has 1 saturated carbocycles. The van der Waals surface area contributed by atoms with E-state index in [2.05, 4.69) is 26.9 Å². The van der Waals surface area contributed by atoms with Gasteiger partial charge in [0.15, 0.2) is 11.5 Å². The maximum atomic E-state index is 13.6. The Balaban J connectivity index is 1.10. The normalized spacial score (nSPS) is 21.8. The molecular weight excluding hydrogens is 423 g/mol. The number of rotatable bonds is 5. The Labute approximate surface area is 190 Å². The largest absolute Gasteiger partial charge is 0.454 e. The van der Waals surface area contributed by atoms with Crippen LogP contribution in [0.15, 0.2) is 46.9 Å². The van der Waals surface area contributed by atoms with Crippen molar-refractivity contribution in [2.75, 3.05) is 37.9 Å². The number of oxazole rings is 1. The van der Waals surface area contributed by atoms with E-state index >= 15 is 0 Å². The van der Waals surface area contributed by atoms with Crippen molar-refractivity contribution in [2.45, 2.75) is 24.8 Å². The molecule has 2 aromatic carbocycles. The van der Waals surface area contributed by atoms with Gasteiger partial charge in [-0.05, 0) is 47.7 Å². The van der Waals surface area contributed by atoms with E-state index in [1.54, 1.807) is 12.1 Å². The van der Waals surface area contributed by atoms with Crippen molar-refractivity contribution in [3.8, 4) is 17.6 Å². The average molecular weight is 446 g/mol. The molecule has 3 aromatic rings. The second kappa shape index (κ2) is 8.09. The molecule has 2 aliphatic heterocycles. The van der Waals surface area contributed by atoms with E-state index in [9.17, 15) is 9.65 Å². The van der Waals surface area contributed by atoms with Crippen molar-refractivity contribution in [2.24, 2.45) is 0 Å². The molecule has 168 valence electrons. The van der Waals surface area contributed by atoms with Gasteiger partial charge in [-0.2, -0.15) is 5.26 Å². The fourth-order valence-corrected chi connectivity index (χ4v) is 4.75. The number of anilines is 1. The molecule has 1 saturated heterocycles. The van der Waals surface area contributed by atoms with Crippen LogP contribution in [0.4, 0.5) is 10.3 Å². The highest BCUT2D eigenvalue weighted by molar-refractivity contribution is 5.49. The topological polar surface area (TPSA) is 74.8 Å². The standard InChI is InChI=1S/C25H23FN4O3/c26-18-3-1-2-17(11-18)19-12-20(19)24-28-21(13-27)25(33-24)30-8-6-29(7-9-30)14-16-4-5-22-23(10-16)32-15-31-22/h1-5,10-11,19-20H,6-9,12,14-15H2. The number of halogens is 1. The predicted molar refractivity (Wildman–Crippen MR) is 118 cm³/mol. The van der Waals surface area contributed by atoms with E-state index < -0.39 is 0 Å². The van der Waals surface area contributed by atoms with Crippen molar-refractivity contribution < 1.29 is 18.3 Å². The van der Waals surface area contributed by atoms with Gasteiger partial charge in [-0.3, -0.25) is 4.90 Å². The Kier molecular flexibility index (Phi) is 4.92. The number of nitrogens with zero attached hydrogens (tertiary/aromatic N) is 4. The molecule has 7 nitrogen and oxygen atoms in total. The van der Waals surface area contributed by atoms with Gasteiger partial charge in [0.2, 0.25) is 24.3 Å². The number of nitriles is 1. The summed E-state index contributed by atoms with van der Waals surface area (Å²) in [7, 11) is 0. The zero-order valence-electron chi connectivity index (χ0n) is 18.0. The Morgan fingerprint density at radius 3 is 2.70 bits per heavy atom. The number of hydrogen-bond donors (Lipinski definition) is 0. The Morgan fingerprint density at radius 1 is 1.03 bits per heavy atom. The van der Waals surface area contributed by atoms with E-state index in [-0.39, 0.29) is 24.4 Å². The third-order valence-electron chi connectivity index (χ3n) is 6.62. The van der Waals surface area contributed by atoms with Crippen LogP contribution in [0.2, 0.25) is 0 Å². The summed E-state index contributed by atoms with van der Waals surface area (Å²) in [5.74, 6) is 2.79. The second-order valence-corrected chi connectivity index (χ2v) is 8.77. The summed E-state index contributed by atoms with van der Waals surface area (Å²) in [5, 5.41) is 9.63.